The van der Waals surface area contributed by atoms with Crippen molar-refractivity contribution >= 4 is 6.09 Å². The van der Waals surface area contributed by atoms with Gasteiger partial charge in [-0.25, -0.2) is 4.79 Å². The summed E-state index contributed by atoms with van der Waals surface area (Å²) < 4.78 is 10.2. The van der Waals surface area contributed by atoms with Crippen molar-refractivity contribution in [3.8, 4) is 5.75 Å². The number of alkyl carbamates (subject to hydrolysis) is 1. The number of nitrogens with one attached hydrogen (secondary N) is 1. The average Bonchev–Trinajstić information content (AvgIpc) is 2.76. The van der Waals surface area contributed by atoms with E-state index in [9.17, 15) is 4.79 Å². The molecule has 1 amide bonds. The summed E-state index contributed by atoms with van der Waals surface area (Å²) in [6, 6.07) is 6.19. The van der Waals surface area contributed by atoms with E-state index in [-0.39, 0.29) is 6.09 Å². The van der Waals surface area contributed by atoms with Crippen LogP contribution in [0.2, 0.25) is 0 Å². The highest BCUT2D eigenvalue weighted by atomic mass is 16.5. The largest absolute Gasteiger partial charge is 0.493 e. The number of rotatable bonds is 4. The number of benzene rings is 1. The number of ether oxygens (including phenoxy) is 2. The van der Waals surface area contributed by atoms with Crippen molar-refractivity contribution in [3.05, 3.63) is 29.3 Å². The van der Waals surface area contributed by atoms with Crippen LogP contribution >= 0.6 is 0 Å². The maximum atomic E-state index is 11.1. The molecule has 0 aliphatic carbocycles. The fourth-order valence-electron chi connectivity index (χ4n) is 1.89. The fraction of sp³-hybridized carbons (Fsp3) is 0.462. The quantitative estimate of drug-likeness (QED) is 0.867. The molecule has 0 atom stereocenters. The third kappa shape index (κ3) is 3.12. The fourth-order valence-corrected chi connectivity index (χ4v) is 1.89. The molecule has 2 rings (SSSR count). The number of carbonyl (C=O) groups excluding carboxylic acids is 1. The molecule has 0 saturated heterocycles. The topological polar surface area (TPSA) is 47.6 Å². The molecular weight excluding hydrogens is 218 g/mol. The van der Waals surface area contributed by atoms with Crippen LogP contribution in [-0.2, 0) is 17.6 Å². The maximum Gasteiger partial charge on any atom is 0.407 e. The van der Waals surface area contributed by atoms with Crippen LogP contribution in [0.25, 0.3) is 0 Å². The molecule has 4 heteroatoms. The van der Waals surface area contributed by atoms with Gasteiger partial charge in [-0.05, 0) is 30.5 Å². The lowest BCUT2D eigenvalue weighted by molar-refractivity contribution is 0.152. The zero-order chi connectivity index (χ0) is 12.1. The van der Waals surface area contributed by atoms with Crippen LogP contribution in [0.5, 0.6) is 5.75 Å². The number of fused-ring (bicyclic) bond motifs is 1. The highest BCUT2D eigenvalue weighted by Gasteiger charge is 2.11. The van der Waals surface area contributed by atoms with Gasteiger partial charge in [0.2, 0.25) is 0 Å². The van der Waals surface area contributed by atoms with E-state index in [4.69, 9.17) is 9.47 Å². The molecule has 1 aliphatic rings. The normalized spacial score (nSPS) is 12.8. The van der Waals surface area contributed by atoms with E-state index >= 15 is 0 Å². The van der Waals surface area contributed by atoms with Crippen molar-refractivity contribution in [2.45, 2.75) is 19.8 Å². The molecule has 1 aliphatic heterocycles. The summed E-state index contributed by atoms with van der Waals surface area (Å²) in [6.07, 6.45) is 1.44. The molecule has 0 unspecified atom stereocenters. The smallest absolute Gasteiger partial charge is 0.407 e. The molecule has 1 aromatic rings. The van der Waals surface area contributed by atoms with Gasteiger partial charge in [0.1, 0.15) is 5.75 Å². The van der Waals surface area contributed by atoms with Gasteiger partial charge in [-0.1, -0.05) is 12.1 Å². The van der Waals surface area contributed by atoms with Crippen molar-refractivity contribution in [3.63, 3.8) is 0 Å². The molecule has 4 nitrogen and oxygen atoms in total. The second-order valence-corrected chi connectivity index (χ2v) is 3.94. The van der Waals surface area contributed by atoms with Crippen LogP contribution in [0.4, 0.5) is 4.79 Å². The summed E-state index contributed by atoms with van der Waals surface area (Å²) in [7, 11) is 0. The van der Waals surface area contributed by atoms with Crippen LogP contribution < -0.4 is 10.1 Å². The van der Waals surface area contributed by atoms with Gasteiger partial charge < -0.3 is 14.8 Å². The van der Waals surface area contributed by atoms with Crippen LogP contribution in [0.3, 0.4) is 0 Å². The van der Waals surface area contributed by atoms with Crippen molar-refractivity contribution in [1.29, 1.82) is 0 Å². The minimum absolute atomic E-state index is 0.350. The average molecular weight is 235 g/mol. The Kier molecular flexibility index (Phi) is 3.85. The van der Waals surface area contributed by atoms with Crippen LogP contribution in [0, 0.1) is 0 Å². The minimum atomic E-state index is -0.350. The maximum absolute atomic E-state index is 11.1. The van der Waals surface area contributed by atoms with Gasteiger partial charge in [-0.3, -0.25) is 0 Å². The molecule has 0 fully saturated rings. The summed E-state index contributed by atoms with van der Waals surface area (Å²) in [5.74, 6) is 0.993. The van der Waals surface area contributed by atoms with E-state index in [1.807, 2.05) is 12.1 Å². The van der Waals surface area contributed by atoms with Gasteiger partial charge in [0.05, 0.1) is 13.2 Å². The molecule has 92 valence electrons. The first-order valence-electron chi connectivity index (χ1n) is 5.95. The first kappa shape index (κ1) is 11.8. The van der Waals surface area contributed by atoms with Crippen molar-refractivity contribution in [2.75, 3.05) is 19.8 Å². The second kappa shape index (κ2) is 5.57. The Bertz CT molecular complexity index is 404. The van der Waals surface area contributed by atoms with Crippen LogP contribution in [-0.4, -0.2) is 25.9 Å². The monoisotopic (exact) mass is 235 g/mol. The number of hydrogen-bond acceptors (Lipinski definition) is 3. The first-order chi connectivity index (χ1) is 8.29. The molecule has 1 N–H and O–H groups in total. The Labute approximate surface area is 101 Å². The second-order valence-electron chi connectivity index (χ2n) is 3.94. The summed E-state index contributed by atoms with van der Waals surface area (Å²) >= 11 is 0. The van der Waals surface area contributed by atoms with E-state index in [2.05, 4.69) is 11.4 Å². The molecule has 1 heterocycles. The van der Waals surface area contributed by atoms with Crippen LogP contribution in [0.1, 0.15) is 18.1 Å². The highest BCUT2D eigenvalue weighted by molar-refractivity contribution is 5.67. The lowest BCUT2D eigenvalue weighted by Crippen LogP contribution is -2.26. The Morgan fingerprint density at radius 2 is 2.41 bits per heavy atom. The summed E-state index contributed by atoms with van der Waals surface area (Å²) in [4.78, 5) is 11.1. The van der Waals surface area contributed by atoms with Crippen molar-refractivity contribution < 1.29 is 14.3 Å². The first-order valence-corrected chi connectivity index (χ1v) is 5.95. The Balaban J connectivity index is 1.81. The van der Waals surface area contributed by atoms with Crippen molar-refractivity contribution in [2.24, 2.45) is 0 Å². The Morgan fingerprint density at radius 3 is 3.24 bits per heavy atom. The van der Waals surface area contributed by atoms with Gasteiger partial charge >= 0.3 is 6.09 Å². The molecule has 1 aromatic carbocycles. The van der Waals surface area contributed by atoms with E-state index in [0.29, 0.717) is 13.2 Å². The standard InChI is InChI=1S/C13H17NO3/c1-2-16-13(15)14-7-5-10-3-4-12-11(9-10)6-8-17-12/h3-4,9H,2,5-8H2,1H3,(H,14,15). The lowest BCUT2D eigenvalue weighted by atomic mass is 10.1. The van der Waals surface area contributed by atoms with Gasteiger partial charge in [-0.15, -0.1) is 0 Å². The van der Waals surface area contributed by atoms with Gasteiger partial charge in [-0.2, -0.15) is 0 Å². The summed E-state index contributed by atoms with van der Waals surface area (Å²) in [5.41, 5.74) is 2.48. The predicted octanol–water partition coefficient (Wildman–Crippen LogP) is 1.91. The molecule has 0 radical (unpaired) electrons. The van der Waals surface area contributed by atoms with Crippen molar-refractivity contribution in [1.82, 2.24) is 5.32 Å². The zero-order valence-corrected chi connectivity index (χ0v) is 9.99. The molecule has 0 saturated carbocycles. The van der Waals surface area contributed by atoms with Gasteiger partial charge in [0.15, 0.2) is 0 Å². The Hall–Kier alpha value is -1.71. The number of amides is 1. The molecule has 0 aromatic heterocycles. The zero-order valence-electron chi connectivity index (χ0n) is 9.99. The van der Waals surface area contributed by atoms with E-state index in [1.54, 1.807) is 6.92 Å². The molecule has 0 bridgehead atoms. The van der Waals surface area contributed by atoms with Gasteiger partial charge in [0.25, 0.3) is 0 Å². The van der Waals surface area contributed by atoms with Gasteiger partial charge in [0, 0.05) is 13.0 Å². The van der Waals surface area contributed by atoms with E-state index in [0.717, 1.165) is 25.2 Å². The minimum Gasteiger partial charge on any atom is -0.493 e. The van der Waals surface area contributed by atoms with E-state index in [1.165, 1.54) is 11.1 Å². The molecule has 17 heavy (non-hydrogen) atoms. The number of carbonyl (C=O) groups is 1. The number of hydrogen-bond donors (Lipinski definition) is 1. The van der Waals surface area contributed by atoms with E-state index < -0.39 is 0 Å². The third-order valence-electron chi connectivity index (χ3n) is 2.71. The SMILES string of the molecule is CCOC(=O)NCCc1ccc2c(c1)CCO2. The summed E-state index contributed by atoms with van der Waals surface area (Å²) in [5, 5.41) is 2.71. The Morgan fingerprint density at radius 1 is 1.53 bits per heavy atom. The third-order valence-corrected chi connectivity index (χ3v) is 2.71. The summed E-state index contributed by atoms with van der Waals surface area (Å²) in [6.45, 7) is 3.57. The highest BCUT2D eigenvalue weighted by Crippen LogP contribution is 2.25. The predicted molar refractivity (Wildman–Crippen MR) is 64.4 cm³/mol. The molecule has 0 spiro atoms. The van der Waals surface area contributed by atoms with Crippen LogP contribution in [0.15, 0.2) is 18.2 Å². The lowest BCUT2D eigenvalue weighted by Gasteiger charge is -2.06. The molecular formula is C13H17NO3.